The first-order chi connectivity index (χ1) is 8.72. The lowest BCUT2D eigenvalue weighted by Gasteiger charge is -2.35. The van der Waals surface area contributed by atoms with Gasteiger partial charge in [-0.3, -0.25) is 0 Å². The molecule has 5 atom stereocenters. The van der Waals surface area contributed by atoms with E-state index in [1.807, 2.05) is 0 Å². The Morgan fingerprint density at radius 3 is 2.94 bits per heavy atom. The highest BCUT2D eigenvalue weighted by Crippen LogP contribution is 2.57. The van der Waals surface area contributed by atoms with E-state index in [-0.39, 0.29) is 0 Å². The lowest BCUT2D eigenvalue weighted by molar-refractivity contribution is -0.114. The van der Waals surface area contributed by atoms with Crippen molar-refractivity contribution >= 4 is 6.29 Å². The average Bonchev–Trinajstić information content (AvgIpc) is 3.09. The van der Waals surface area contributed by atoms with Crippen molar-refractivity contribution in [3.8, 4) is 0 Å². The summed E-state index contributed by atoms with van der Waals surface area (Å²) in [4.78, 5) is 11.2. The fraction of sp³-hybridized carbons (Fsp3) is 0.800. The van der Waals surface area contributed by atoms with Crippen LogP contribution >= 0.6 is 0 Å². The molecule has 0 aromatic rings. The van der Waals surface area contributed by atoms with E-state index < -0.39 is 5.60 Å². The van der Waals surface area contributed by atoms with Crippen molar-refractivity contribution in [2.24, 2.45) is 17.8 Å². The zero-order chi connectivity index (χ0) is 12.8. The molecule has 100 valence electrons. The van der Waals surface area contributed by atoms with Crippen LogP contribution in [0.1, 0.15) is 33.1 Å². The third-order valence-corrected chi connectivity index (χ3v) is 4.88. The molecule has 0 bridgehead atoms. The number of allylic oxidation sites excluding steroid dienone is 1. The van der Waals surface area contributed by atoms with Crippen LogP contribution in [0, 0.1) is 17.8 Å². The van der Waals surface area contributed by atoms with Crippen molar-refractivity contribution in [3.63, 3.8) is 0 Å². The SMILES string of the molecule is CCCCOC1CC([C@]2(C=O)CO2)C2C(C)=CC12. The number of ether oxygens (including phenoxy) is 2. The number of hydrogen-bond donors (Lipinski definition) is 0. The average molecular weight is 250 g/mol. The Hall–Kier alpha value is -0.670. The van der Waals surface area contributed by atoms with Gasteiger partial charge >= 0.3 is 0 Å². The second kappa shape index (κ2) is 4.46. The molecular formula is C15H22O3. The summed E-state index contributed by atoms with van der Waals surface area (Å²) >= 11 is 0. The monoisotopic (exact) mass is 250 g/mol. The molecule has 0 aromatic carbocycles. The number of unbranched alkanes of at least 4 members (excludes halogenated alkanes) is 1. The van der Waals surface area contributed by atoms with Gasteiger partial charge in [0, 0.05) is 18.4 Å². The maximum atomic E-state index is 11.2. The smallest absolute Gasteiger partial charge is 0.154 e. The third kappa shape index (κ3) is 1.76. The summed E-state index contributed by atoms with van der Waals surface area (Å²) in [7, 11) is 0. The Kier molecular flexibility index (Phi) is 3.07. The quantitative estimate of drug-likeness (QED) is 0.314. The topological polar surface area (TPSA) is 38.8 Å². The summed E-state index contributed by atoms with van der Waals surface area (Å²) in [5, 5.41) is 0. The molecule has 2 aliphatic carbocycles. The van der Waals surface area contributed by atoms with Gasteiger partial charge in [-0.05, 0) is 25.7 Å². The largest absolute Gasteiger partial charge is 0.378 e. The summed E-state index contributed by atoms with van der Waals surface area (Å²) in [6, 6.07) is 0. The van der Waals surface area contributed by atoms with Gasteiger partial charge in [0.2, 0.25) is 0 Å². The lowest BCUT2D eigenvalue weighted by atomic mass is 9.70. The van der Waals surface area contributed by atoms with Gasteiger partial charge in [-0.2, -0.15) is 0 Å². The van der Waals surface area contributed by atoms with Crippen molar-refractivity contribution in [1.82, 2.24) is 0 Å². The number of hydrogen-bond acceptors (Lipinski definition) is 3. The Morgan fingerprint density at radius 2 is 2.39 bits per heavy atom. The van der Waals surface area contributed by atoms with E-state index in [4.69, 9.17) is 9.47 Å². The number of epoxide rings is 1. The molecule has 0 spiro atoms. The standard InChI is InChI=1S/C15H22O3/c1-3-4-5-17-13-7-12(15(8-16)9-18-15)14-10(2)6-11(13)14/h6,8,11-14H,3-5,7,9H2,1-2H3/t11?,12?,13?,14?,15-/m0/s1. The minimum atomic E-state index is -0.471. The Balaban J connectivity index is 1.68. The van der Waals surface area contributed by atoms with Gasteiger partial charge in [0.05, 0.1) is 12.7 Å². The van der Waals surface area contributed by atoms with E-state index in [2.05, 4.69) is 19.9 Å². The molecule has 1 saturated carbocycles. The second-order valence-corrected chi connectivity index (χ2v) is 5.98. The van der Waals surface area contributed by atoms with Crippen LogP contribution in [0.3, 0.4) is 0 Å². The van der Waals surface area contributed by atoms with Crippen molar-refractivity contribution in [2.45, 2.75) is 44.8 Å². The summed E-state index contributed by atoms with van der Waals surface area (Å²) in [5.74, 6) is 1.38. The van der Waals surface area contributed by atoms with Gasteiger partial charge < -0.3 is 14.3 Å². The van der Waals surface area contributed by atoms with Crippen molar-refractivity contribution in [2.75, 3.05) is 13.2 Å². The molecule has 3 heteroatoms. The molecule has 1 saturated heterocycles. The fourth-order valence-electron chi connectivity index (χ4n) is 3.70. The summed E-state index contributed by atoms with van der Waals surface area (Å²) in [6.07, 6.45) is 6.91. The molecule has 1 heterocycles. The van der Waals surface area contributed by atoms with Crippen LogP contribution < -0.4 is 0 Å². The maximum absolute atomic E-state index is 11.2. The van der Waals surface area contributed by atoms with E-state index in [9.17, 15) is 4.79 Å². The second-order valence-electron chi connectivity index (χ2n) is 5.98. The van der Waals surface area contributed by atoms with Gasteiger partial charge in [-0.15, -0.1) is 0 Å². The molecule has 0 N–H and O–H groups in total. The fourth-order valence-corrected chi connectivity index (χ4v) is 3.70. The zero-order valence-corrected chi connectivity index (χ0v) is 11.2. The third-order valence-electron chi connectivity index (χ3n) is 4.88. The van der Waals surface area contributed by atoms with E-state index >= 15 is 0 Å². The van der Waals surface area contributed by atoms with Gasteiger partial charge in [-0.1, -0.05) is 25.0 Å². The van der Waals surface area contributed by atoms with E-state index in [1.165, 1.54) is 12.0 Å². The zero-order valence-electron chi connectivity index (χ0n) is 11.2. The van der Waals surface area contributed by atoms with E-state index in [0.717, 1.165) is 25.7 Å². The van der Waals surface area contributed by atoms with E-state index in [0.29, 0.717) is 30.5 Å². The first kappa shape index (κ1) is 12.4. The van der Waals surface area contributed by atoms with Crippen molar-refractivity contribution in [3.05, 3.63) is 11.6 Å². The lowest BCUT2D eigenvalue weighted by Crippen LogP contribution is -2.35. The number of fused-ring (bicyclic) bond motifs is 1. The normalized spacial score (nSPS) is 45.1. The van der Waals surface area contributed by atoms with Gasteiger partial charge in [0.25, 0.3) is 0 Å². The predicted molar refractivity (Wildman–Crippen MR) is 68.2 cm³/mol. The molecule has 3 nitrogen and oxygen atoms in total. The van der Waals surface area contributed by atoms with Crippen molar-refractivity contribution < 1.29 is 14.3 Å². The first-order valence-electron chi connectivity index (χ1n) is 7.12. The van der Waals surface area contributed by atoms with Crippen molar-refractivity contribution in [1.29, 1.82) is 0 Å². The summed E-state index contributed by atoms with van der Waals surface area (Å²) in [6.45, 7) is 5.80. The number of rotatable bonds is 6. The van der Waals surface area contributed by atoms with Gasteiger partial charge in [0.1, 0.15) is 5.60 Å². The molecule has 2 fully saturated rings. The summed E-state index contributed by atoms with van der Waals surface area (Å²) < 4.78 is 11.5. The van der Waals surface area contributed by atoms with Crippen LogP contribution in [0.2, 0.25) is 0 Å². The Bertz CT molecular complexity index is 370. The highest BCUT2D eigenvalue weighted by atomic mass is 16.6. The number of aldehydes is 1. The molecule has 0 amide bonds. The minimum absolute atomic E-state index is 0.302. The Morgan fingerprint density at radius 1 is 1.61 bits per heavy atom. The molecule has 1 aliphatic heterocycles. The minimum Gasteiger partial charge on any atom is -0.378 e. The van der Waals surface area contributed by atoms with Crippen LogP contribution in [0.4, 0.5) is 0 Å². The predicted octanol–water partition coefficient (Wildman–Crippen LogP) is 2.35. The first-order valence-corrected chi connectivity index (χ1v) is 7.12. The molecule has 18 heavy (non-hydrogen) atoms. The molecule has 0 radical (unpaired) electrons. The number of carbonyl (C=O) groups excluding carboxylic acids is 1. The summed E-state index contributed by atoms with van der Waals surface area (Å²) in [5.41, 5.74) is 0.949. The van der Waals surface area contributed by atoms with Crippen LogP contribution in [0.25, 0.3) is 0 Å². The Labute approximate surface area is 109 Å². The van der Waals surface area contributed by atoms with Gasteiger partial charge in [-0.25, -0.2) is 0 Å². The van der Waals surface area contributed by atoms with Crippen LogP contribution in [0.15, 0.2) is 11.6 Å². The van der Waals surface area contributed by atoms with Gasteiger partial charge in [0.15, 0.2) is 6.29 Å². The maximum Gasteiger partial charge on any atom is 0.154 e. The molecular weight excluding hydrogens is 228 g/mol. The van der Waals surface area contributed by atoms with Crippen LogP contribution in [-0.4, -0.2) is 31.2 Å². The number of carbonyl (C=O) groups is 1. The molecule has 3 aliphatic rings. The highest BCUT2D eigenvalue weighted by Gasteiger charge is 2.62. The van der Waals surface area contributed by atoms with Crippen LogP contribution in [-0.2, 0) is 14.3 Å². The molecule has 3 rings (SSSR count). The van der Waals surface area contributed by atoms with E-state index in [1.54, 1.807) is 0 Å². The molecule has 4 unspecified atom stereocenters. The molecule has 0 aromatic heterocycles. The highest BCUT2D eigenvalue weighted by molar-refractivity contribution is 5.67. The van der Waals surface area contributed by atoms with Crippen LogP contribution in [0.5, 0.6) is 0 Å².